The Kier molecular flexibility index (Phi) is 5.74. The van der Waals surface area contributed by atoms with Crippen molar-refractivity contribution in [1.82, 2.24) is 14.7 Å². The van der Waals surface area contributed by atoms with Crippen LogP contribution in [0.1, 0.15) is 39.2 Å². The van der Waals surface area contributed by atoms with Crippen LogP contribution in [0.25, 0.3) is 0 Å². The van der Waals surface area contributed by atoms with Crippen LogP contribution in [-0.4, -0.2) is 82.9 Å². The molecule has 0 aliphatic carbocycles. The number of piperazine rings is 1. The lowest BCUT2D eigenvalue weighted by atomic mass is 9.91. The fourth-order valence-electron chi connectivity index (χ4n) is 4.85. The van der Waals surface area contributed by atoms with Crippen molar-refractivity contribution >= 4 is 12.0 Å². The fourth-order valence-corrected chi connectivity index (χ4v) is 4.85. The van der Waals surface area contributed by atoms with Crippen molar-refractivity contribution in [3.8, 4) is 0 Å². The molecule has 1 atom stereocenters. The topological polar surface area (TPSA) is 88.3 Å². The zero-order valence-corrected chi connectivity index (χ0v) is 18.8. The summed E-state index contributed by atoms with van der Waals surface area (Å²) in [6.07, 6.45) is 1.16. The summed E-state index contributed by atoms with van der Waals surface area (Å²) in [6.45, 7) is 9.05. The van der Waals surface area contributed by atoms with E-state index in [4.69, 9.17) is 15.2 Å². The molecule has 3 heterocycles. The summed E-state index contributed by atoms with van der Waals surface area (Å²) in [7, 11) is 0. The first kappa shape index (κ1) is 22.0. The van der Waals surface area contributed by atoms with Crippen molar-refractivity contribution in [3.63, 3.8) is 0 Å². The molecule has 4 rings (SSSR count). The Morgan fingerprint density at radius 3 is 2.45 bits per heavy atom. The van der Waals surface area contributed by atoms with Crippen LogP contribution in [-0.2, 0) is 20.8 Å². The molecule has 31 heavy (non-hydrogen) atoms. The van der Waals surface area contributed by atoms with Gasteiger partial charge in [-0.05, 0) is 39.2 Å². The van der Waals surface area contributed by atoms with E-state index in [1.54, 1.807) is 4.90 Å². The fraction of sp³-hybridized carbons (Fsp3) is 0.652. The number of rotatable bonds is 3. The third kappa shape index (κ3) is 4.56. The number of carbonyl (C=O) groups is 2. The summed E-state index contributed by atoms with van der Waals surface area (Å²) in [5.41, 5.74) is 5.42. The highest BCUT2D eigenvalue weighted by Gasteiger charge is 2.59. The van der Waals surface area contributed by atoms with Gasteiger partial charge in [-0.2, -0.15) is 0 Å². The highest BCUT2D eigenvalue weighted by atomic mass is 16.6. The van der Waals surface area contributed by atoms with Crippen molar-refractivity contribution in [3.05, 3.63) is 35.9 Å². The van der Waals surface area contributed by atoms with E-state index >= 15 is 0 Å². The maximum absolute atomic E-state index is 13.0. The monoisotopic (exact) mass is 430 g/mol. The lowest BCUT2D eigenvalue weighted by Gasteiger charge is -2.45. The quantitative estimate of drug-likeness (QED) is 0.787. The Hall–Kier alpha value is -2.16. The lowest BCUT2D eigenvalue weighted by Crippen LogP contribution is -2.66. The molecule has 0 radical (unpaired) electrons. The second kappa shape index (κ2) is 8.07. The van der Waals surface area contributed by atoms with Crippen molar-refractivity contribution in [2.45, 2.75) is 57.1 Å². The number of nitrogens with two attached hydrogens (primary N) is 1. The van der Waals surface area contributed by atoms with Gasteiger partial charge >= 0.3 is 6.09 Å². The van der Waals surface area contributed by atoms with Gasteiger partial charge in [-0.3, -0.25) is 14.6 Å². The van der Waals surface area contributed by atoms with Gasteiger partial charge in [0.05, 0.1) is 18.7 Å². The molecule has 3 aliphatic heterocycles. The van der Waals surface area contributed by atoms with E-state index in [1.165, 1.54) is 10.5 Å². The number of hydrogen-bond donors (Lipinski definition) is 1. The predicted molar refractivity (Wildman–Crippen MR) is 116 cm³/mol. The van der Waals surface area contributed by atoms with Gasteiger partial charge in [-0.15, -0.1) is 0 Å². The highest BCUT2D eigenvalue weighted by molar-refractivity contribution is 5.85. The Bertz CT molecular complexity index is 817. The molecule has 0 bridgehead atoms. The zero-order valence-electron chi connectivity index (χ0n) is 18.8. The number of nitrogens with zero attached hydrogens (tertiary/aromatic N) is 3. The van der Waals surface area contributed by atoms with Crippen molar-refractivity contribution in [2.24, 2.45) is 5.73 Å². The van der Waals surface area contributed by atoms with Crippen molar-refractivity contribution < 1.29 is 19.1 Å². The van der Waals surface area contributed by atoms with Crippen LogP contribution in [0.4, 0.5) is 4.79 Å². The van der Waals surface area contributed by atoms with E-state index in [-0.39, 0.29) is 25.5 Å². The number of hydrogen-bond acceptors (Lipinski definition) is 6. The van der Waals surface area contributed by atoms with Gasteiger partial charge < -0.3 is 20.1 Å². The van der Waals surface area contributed by atoms with Gasteiger partial charge in [-0.25, -0.2) is 4.79 Å². The molecule has 0 aromatic heterocycles. The first-order valence-corrected chi connectivity index (χ1v) is 11.1. The van der Waals surface area contributed by atoms with Crippen LogP contribution in [0, 0.1) is 0 Å². The van der Waals surface area contributed by atoms with Crippen LogP contribution >= 0.6 is 0 Å². The van der Waals surface area contributed by atoms with E-state index in [9.17, 15) is 9.59 Å². The molecule has 0 saturated carbocycles. The Morgan fingerprint density at radius 1 is 1.16 bits per heavy atom. The molecular weight excluding hydrogens is 396 g/mol. The van der Waals surface area contributed by atoms with E-state index in [1.807, 2.05) is 26.8 Å². The van der Waals surface area contributed by atoms with Gasteiger partial charge in [0, 0.05) is 26.2 Å². The number of fused-ring (bicyclic) bond motifs is 1. The number of piperidine rings is 1. The molecule has 2 amide bonds. The number of carbonyl (C=O) groups excluding carboxylic acids is 2. The summed E-state index contributed by atoms with van der Waals surface area (Å²) in [5.74, 6) is -0.133. The maximum Gasteiger partial charge on any atom is 0.410 e. The number of likely N-dealkylation sites (tertiary alicyclic amines) is 1. The van der Waals surface area contributed by atoms with E-state index in [0.717, 1.165) is 32.5 Å². The average Bonchev–Trinajstić information content (AvgIpc) is 3.05. The number of benzene rings is 1. The smallest absolute Gasteiger partial charge is 0.410 e. The third-order valence-corrected chi connectivity index (χ3v) is 6.40. The van der Waals surface area contributed by atoms with Gasteiger partial charge in [0.15, 0.2) is 5.72 Å². The molecule has 1 aromatic rings. The largest absolute Gasteiger partial charge is 0.444 e. The van der Waals surface area contributed by atoms with Crippen LogP contribution in [0.15, 0.2) is 30.3 Å². The Morgan fingerprint density at radius 2 is 1.84 bits per heavy atom. The minimum atomic E-state index is -0.978. The molecule has 1 aromatic carbocycles. The van der Waals surface area contributed by atoms with Crippen LogP contribution < -0.4 is 5.73 Å². The minimum Gasteiger partial charge on any atom is -0.444 e. The first-order valence-electron chi connectivity index (χ1n) is 11.1. The van der Waals surface area contributed by atoms with Gasteiger partial charge in [0.25, 0.3) is 0 Å². The molecule has 1 spiro atoms. The Labute approximate surface area is 184 Å². The van der Waals surface area contributed by atoms with Crippen molar-refractivity contribution in [1.29, 1.82) is 0 Å². The van der Waals surface area contributed by atoms with E-state index in [0.29, 0.717) is 6.54 Å². The van der Waals surface area contributed by atoms with E-state index < -0.39 is 23.0 Å². The van der Waals surface area contributed by atoms with E-state index in [2.05, 4.69) is 29.2 Å². The molecule has 3 saturated heterocycles. The average molecular weight is 431 g/mol. The van der Waals surface area contributed by atoms with Crippen LogP contribution in [0.3, 0.4) is 0 Å². The molecular formula is C23H34N4O4. The molecule has 8 heteroatoms. The van der Waals surface area contributed by atoms with Crippen molar-refractivity contribution in [2.75, 3.05) is 39.3 Å². The SMILES string of the molecule is CC(C)(C)OC(=O)N1CC(=O)N2CC3(CCN(Cc4ccccc4)CC3)OC2(CN)C1. The minimum absolute atomic E-state index is 0.00373. The van der Waals surface area contributed by atoms with Crippen LogP contribution in [0.5, 0.6) is 0 Å². The number of ether oxygens (including phenoxy) is 2. The molecule has 2 N–H and O–H groups in total. The normalized spacial score (nSPS) is 26.3. The summed E-state index contributed by atoms with van der Waals surface area (Å²) in [4.78, 5) is 31.2. The summed E-state index contributed by atoms with van der Waals surface area (Å²) in [6, 6.07) is 10.4. The zero-order chi connectivity index (χ0) is 22.3. The van der Waals surface area contributed by atoms with Gasteiger partial charge in [0.1, 0.15) is 12.1 Å². The highest BCUT2D eigenvalue weighted by Crippen LogP contribution is 2.42. The maximum atomic E-state index is 13.0. The first-order chi connectivity index (χ1) is 14.6. The van der Waals surface area contributed by atoms with Gasteiger partial charge in [0.2, 0.25) is 5.91 Å². The van der Waals surface area contributed by atoms with Crippen LogP contribution in [0.2, 0.25) is 0 Å². The number of amides is 2. The molecule has 3 fully saturated rings. The third-order valence-electron chi connectivity index (χ3n) is 6.40. The predicted octanol–water partition coefficient (Wildman–Crippen LogP) is 1.79. The Balaban J connectivity index is 1.43. The summed E-state index contributed by atoms with van der Waals surface area (Å²) >= 11 is 0. The standard InChI is InChI=1S/C23H34N4O4/c1-21(2,3)30-20(29)26-14-19(28)27-16-22(31-23(27,15-24)17-26)9-11-25(12-10-22)13-18-7-5-4-6-8-18/h4-8H,9-17,24H2,1-3H3. The molecule has 8 nitrogen and oxygen atoms in total. The molecule has 1 unspecified atom stereocenters. The second-order valence-corrected chi connectivity index (χ2v) is 10.0. The molecule has 3 aliphatic rings. The summed E-state index contributed by atoms with van der Waals surface area (Å²) < 4.78 is 12.1. The lowest BCUT2D eigenvalue weighted by molar-refractivity contribution is -0.182. The second-order valence-electron chi connectivity index (χ2n) is 10.0. The summed E-state index contributed by atoms with van der Waals surface area (Å²) in [5, 5.41) is 0. The molecule has 170 valence electrons. The van der Waals surface area contributed by atoms with Gasteiger partial charge in [-0.1, -0.05) is 30.3 Å².